The molecule has 130 valence electrons. The molecule has 0 saturated heterocycles. The van der Waals surface area contributed by atoms with Gasteiger partial charge in [0, 0.05) is 23.6 Å². The summed E-state index contributed by atoms with van der Waals surface area (Å²) in [6.07, 6.45) is -3.06. The lowest BCUT2D eigenvalue weighted by Crippen LogP contribution is -2.04. The highest BCUT2D eigenvalue weighted by Crippen LogP contribution is 2.32. The van der Waals surface area contributed by atoms with Crippen molar-refractivity contribution in [1.82, 2.24) is 15.0 Å². The number of nitro groups is 1. The van der Waals surface area contributed by atoms with E-state index in [4.69, 9.17) is 0 Å². The Balaban J connectivity index is 1.82. The number of H-pyrrole nitrogens is 1. The fourth-order valence-electron chi connectivity index (χ4n) is 2.28. The number of nitrogens with zero attached hydrogens (tertiary/aromatic N) is 3. The first kappa shape index (κ1) is 17.2. The van der Waals surface area contributed by atoms with Crippen LogP contribution in [0.1, 0.15) is 16.8 Å². The van der Waals surface area contributed by atoms with Gasteiger partial charge in [-0.25, -0.2) is 4.98 Å². The van der Waals surface area contributed by atoms with Crippen LogP contribution in [-0.2, 0) is 11.9 Å². The van der Waals surface area contributed by atoms with Crippen LogP contribution in [-0.4, -0.2) is 19.9 Å². The van der Waals surface area contributed by atoms with Crippen molar-refractivity contribution in [1.29, 1.82) is 0 Å². The third-order valence-corrected chi connectivity index (χ3v) is 4.49. The van der Waals surface area contributed by atoms with Crippen molar-refractivity contribution in [3.63, 3.8) is 0 Å². The van der Waals surface area contributed by atoms with Crippen LogP contribution in [0.2, 0.25) is 0 Å². The number of hydrogen-bond donors (Lipinski definition) is 1. The summed E-state index contributed by atoms with van der Waals surface area (Å²) in [6.45, 7) is 1.61. The van der Waals surface area contributed by atoms with Gasteiger partial charge in [-0.05, 0) is 25.1 Å². The van der Waals surface area contributed by atoms with Gasteiger partial charge in [0.1, 0.15) is 0 Å². The molecular formula is C15H11F3N4O2S. The van der Waals surface area contributed by atoms with Gasteiger partial charge in [-0.15, -0.1) is 0 Å². The summed E-state index contributed by atoms with van der Waals surface area (Å²) in [5.74, 6) is 0.305. The quantitative estimate of drug-likeness (QED) is 0.417. The monoisotopic (exact) mass is 368 g/mol. The lowest BCUT2D eigenvalue weighted by atomic mass is 10.2. The summed E-state index contributed by atoms with van der Waals surface area (Å²) in [4.78, 5) is 21.6. The van der Waals surface area contributed by atoms with Crippen LogP contribution in [0.25, 0.3) is 11.0 Å². The van der Waals surface area contributed by atoms with Gasteiger partial charge < -0.3 is 4.98 Å². The van der Waals surface area contributed by atoms with Gasteiger partial charge in [0.25, 0.3) is 5.69 Å². The first-order valence-electron chi connectivity index (χ1n) is 7.04. The molecule has 25 heavy (non-hydrogen) atoms. The third kappa shape index (κ3) is 3.58. The fraction of sp³-hybridized carbons (Fsp3) is 0.200. The van der Waals surface area contributed by atoms with Crippen LogP contribution in [0.4, 0.5) is 18.9 Å². The van der Waals surface area contributed by atoms with Gasteiger partial charge in [0.05, 0.1) is 27.2 Å². The Labute approximate surface area is 143 Å². The van der Waals surface area contributed by atoms with Crippen molar-refractivity contribution in [3.05, 3.63) is 57.4 Å². The fourth-order valence-corrected chi connectivity index (χ4v) is 3.19. The van der Waals surface area contributed by atoms with E-state index in [0.717, 1.165) is 12.1 Å². The number of aromatic nitrogens is 3. The molecule has 0 saturated carbocycles. The molecule has 2 aromatic heterocycles. The Morgan fingerprint density at radius 1 is 1.32 bits per heavy atom. The van der Waals surface area contributed by atoms with Gasteiger partial charge in [0.15, 0.2) is 5.16 Å². The summed E-state index contributed by atoms with van der Waals surface area (Å²) < 4.78 is 38.2. The van der Waals surface area contributed by atoms with Crippen molar-refractivity contribution < 1.29 is 18.1 Å². The Morgan fingerprint density at radius 3 is 2.76 bits per heavy atom. The molecule has 0 spiro atoms. The molecule has 0 aliphatic heterocycles. The minimum atomic E-state index is -4.42. The van der Waals surface area contributed by atoms with E-state index < -0.39 is 16.7 Å². The number of benzene rings is 1. The minimum absolute atomic E-state index is 0.0231. The number of hydrogen-bond acceptors (Lipinski definition) is 5. The number of imidazole rings is 1. The zero-order chi connectivity index (χ0) is 18.2. The predicted octanol–water partition coefficient (Wildman–Crippen LogP) is 4.49. The first-order chi connectivity index (χ1) is 11.8. The highest BCUT2D eigenvalue weighted by Gasteiger charge is 2.30. The highest BCUT2D eigenvalue weighted by molar-refractivity contribution is 7.98. The van der Waals surface area contributed by atoms with Crippen LogP contribution in [0, 0.1) is 17.0 Å². The molecule has 0 aliphatic carbocycles. The zero-order valence-corrected chi connectivity index (χ0v) is 13.6. The summed E-state index contributed by atoms with van der Waals surface area (Å²) >= 11 is 1.21. The van der Waals surface area contributed by atoms with Gasteiger partial charge in [-0.3, -0.25) is 15.1 Å². The van der Waals surface area contributed by atoms with Crippen LogP contribution >= 0.6 is 11.8 Å². The average Bonchev–Trinajstić information content (AvgIpc) is 2.94. The van der Waals surface area contributed by atoms with E-state index in [-0.39, 0.29) is 11.2 Å². The van der Waals surface area contributed by atoms with Crippen LogP contribution in [0.15, 0.2) is 35.6 Å². The molecule has 0 amide bonds. The Morgan fingerprint density at radius 2 is 2.08 bits per heavy atom. The number of rotatable bonds is 4. The summed E-state index contributed by atoms with van der Waals surface area (Å²) in [6, 6.07) is 4.60. The number of halogens is 3. The molecule has 0 fully saturated rings. The number of aromatic amines is 1. The van der Waals surface area contributed by atoms with E-state index in [2.05, 4.69) is 15.0 Å². The van der Waals surface area contributed by atoms with Gasteiger partial charge >= 0.3 is 6.18 Å². The van der Waals surface area contributed by atoms with E-state index in [1.54, 1.807) is 6.92 Å². The maximum atomic E-state index is 12.7. The zero-order valence-electron chi connectivity index (χ0n) is 12.8. The predicted molar refractivity (Wildman–Crippen MR) is 86.3 cm³/mol. The van der Waals surface area contributed by atoms with Gasteiger partial charge in [0.2, 0.25) is 0 Å². The normalized spacial score (nSPS) is 11.8. The smallest absolute Gasteiger partial charge is 0.333 e. The van der Waals surface area contributed by atoms with Crippen LogP contribution in [0.3, 0.4) is 0 Å². The van der Waals surface area contributed by atoms with Crippen LogP contribution < -0.4 is 0 Å². The Bertz CT molecular complexity index is 956. The van der Waals surface area contributed by atoms with E-state index in [1.165, 1.54) is 30.1 Å². The van der Waals surface area contributed by atoms with Gasteiger partial charge in [-0.2, -0.15) is 13.2 Å². The summed E-state index contributed by atoms with van der Waals surface area (Å²) in [7, 11) is 0. The summed E-state index contributed by atoms with van der Waals surface area (Å²) in [5.41, 5.74) is 0.896. The van der Waals surface area contributed by atoms with Crippen molar-refractivity contribution in [2.24, 2.45) is 0 Å². The molecule has 2 heterocycles. The molecule has 0 atom stereocenters. The molecule has 1 N–H and O–H groups in total. The molecule has 0 unspecified atom stereocenters. The summed E-state index contributed by atoms with van der Waals surface area (Å²) in [5, 5.41) is 11.4. The topological polar surface area (TPSA) is 84.7 Å². The molecule has 0 aliphatic rings. The highest BCUT2D eigenvalue weighted by atomic mass is 32.2. The molecule has 6 nitrogen and oxygen atoms in total. The number of pyridine rings is 1. The Kier molecular flexibility index (Phi) is 4.38. The second kappa shape index (κ2) is 6.36. The maximum absolute atomic E-state index is 12.7. The van der Waals surface area contributed by atoms with Crippen molar-refractivity contribution >= 4 is 28.5 Å². The molecule has 10 heteroatoms. The molecule has 3 aromatic rings. The van der Waals surface area contributed by atoms with E-state index in [0.29, 0.717) is 27.7 Å². The van der Waals surface area contributed by atoms with Crippen LogP contribution in [0.5, 0.6) is 0 Å². The lowest BCUT2D eigenvalue weighted by Gasteiger charge is -2.05. The largest absolute Gasteiger partial charge is 0.416 e. The third-order valence-electron chi connectivity index (χ3n) is 3.61. The van der Waals surface area contributed by atoms with Crippen molar-refractivity contribution in [3.8, 4) is 0 Å². The number of alkyl halides is 3. The second-order valence-corrected chi connectivity index (χ2v) is 6.18. The SMILES string of the molecule is Cc1c([N+](=O)[O-])ccnc1CSc1nc2ccc(C(F)(F)F)cc2[nH]1. The number of fused-ring (bicyclic) bond motifs is 1. The molecular weight excluding hydrogens is 357 g/mol. The molecule has 0 radical (unpaired) electrons. The van der Waals surface area contributed by atoms with Gasteiger partial charge in [-0.1, -0.05) is 11.8 Å². The van der Waals surface area contributed by atoms with E-state index >= 15 is 0 Å². The van der Waals surface area contributed by atoms with E-state index in [9.17, 15) is 23.3 Å². The Hall–Kier alpha value is -2.62. The standard InChI is InChI=1S/C15H11F3N4O2S/c1-8-12(19-5-4-13(8)22(23)24)7-25-14-20-10-3-2-9(15(16,17)18)6-11(10)21-14/h2-6H,7H2,1H3,(H,20,21). The minimum Gasteiger partial charge on any atom is -0.333 e. The number of thioether (sulfide) groups is 1. The lowest BCUT2D eigenvalue weighted by molar-refractivity contribution is -0.385. The maximum Gasteiger partial charge on any atom is 0.416 e. The second-order valence-electron chi connectivity index (χ2n) is 5.22. The average molecular weight is 368 g/mol. The van der Waals surface area contributed by atoms with E-state index in [1.807, 2.05) is 0 Å². The van der Waals surface area contributed by atoms with Crippen molar-refractivity contribution in [2.75, 3.05) is 0 Å². The van der Waals surface area contributed by atoms with Crippen molar-refractivity contribution in [2.45, 2.75) is 24.0 Å². The molecule has 3 rings (SSSR count). The molecule has 1 aromatic carbocycles. The number of nitrogens with one attached hydrogen (secondary N) is 1. The first-order valence-corrected chi connectivity index (χ1v) is 8.03. The molecule has 0 bridgehead atoms.